The van der Waals surface area contributed by atoms with Crippen LogP contribution in [0.2, 0.25) is 0 Å². The Morgan fingerprint density at radius 1 is 0.644 bits per heavy atom. The number of nitrogens with one attached hydrogen (secondary N) is 6. The van der Waals surface area contributed by atoms with Gasteiger partial charge in [-0.1, -0.05) is 65.8 Å². The van der Waals surface area contributed by atoms with Crippen LogP contribution in [-0.2, 0) is 49.6 Å². The van der Waals surface area contributed by atoms with Crippen molar-refractivity contribution in [2.75, 3.05) is 0 Å². The summed E-state index contributed by atoms with van der Waals surface area (Å²) < 4.78 is 0. The van der Waals surface area contributed by atoms with Crippen LogP contribution in [0.1, 0.15) is 97.6 Å². The Labute approximate surface area is 343 Å². The van der Waals surface area contributed by atoms with E-state index in [0.29, 0.717) is 5.56 Å². The minimum absolute atomic E-state index is 0.108. The van der Waals surface area contributed by atoms with Crippen molar-refractivity contribution in [3.05, 3.63) is 35.4 Å². The maximum atomic E-state index is 14.2. The Kier molecular flexibility index (Phi) is 21.3. The fourth-order valence-corrected chi connectivity index (χ4v) is 5.77. The van der Waals surface area contributed by atoms with Gasteiger partial charge in [0.25, 0.3) is 0 Å². The Morgan fingerprint density at radius 3 is 1.68 bits per heavy atom. The first kappa shape index (κ1) is 51.5. The van der Waals surface area contributed by atoms with Gasteiger partial charge in [0.05, 0.1) is 18.8 Å². The summed E-state index contributed by atoms with van der Waals surface area (Å²) in [5, 5.41) is 61.7. The fraction of sp³-hybridized carbons (Fsp3) is 0.605. The van der Waals surface area contributed by atoms with Crippen LogP contribution in [0.15, 0.2) is 24.3 Å². The standard InChI is InChI=1S/C38H59BN6O14/c1-8-27(39(58)59)44-35(55)24(17-20(2)3)43-37(57)32(38(5,6)7)45-36(56)25(18-22-12-10-9-11-21(22)4)42-33(53)23(13-15-29(47)48)41-34(54)26(19-31(51)52)40-28(46)14-16-30(49)50/h9-12,20,23-27,32,58-59H,8,13-19H2,1-7H3,(H,40,46)(H,41,54)(H,42,53)(H,43,57)(H,44,55)(H,45,56)(H,47,48)(H,49,50)(H,51,52)/t23-,24-,25-,26-,27?,32+/m0/s1. The molecule has 328 valence electrons. The highest BCUT2D eigenvalue weighted by atomic mass is 16.4. The van der Waals surface area contributed by atoms with Gasteiger partial charge in [0.1, 0.15) is 30.2 Å². The molecule has 0 spiro atoms. The summed E-state index contributed by atoms with van der Waals surface area (Å²) >= 11 is 0. The zero-order valence-electron chi connectivity index (χ0n) is 34.5. The molecule has 0 aliphatic heterocycles. The maximum absolute atomic E-state index is 14.2. The number of benzene rings is 1. The molecule has 20 nitrogen and oxygen atoms in total. The lowest BCUT2D eigenvalue weighted by Gasteiger charge is -2.34. The van der Waals surface area contributed by atoms with Crippen molar-refractivity contribution in [1.82, 2.24) is 31.9 Å². The molecule has 59 heavy (non-hydrogen) atoms. The number of rotatable bonds is 25. The molecule has 21 heteroatoms. The van der Waals surface area contributed by atoms with Crippen molar-refractivity contribution < 1.29 is 68.5 Å². The number of carbonyl (C=O) groups excluding carboxylic acids is 6. The molecule has 1 aromatic carbocycles. The smallest absolute Gasteiger partial charge is 0.475 e. The Morgan fingerprint density at radius 2 is 1.17 bits per heavy atom. The molecule has 1 rings (SSSR count). The molecule has 0 saturated carbocycles. The monoisotopic (exact) mass is 834 g/mol. The van der Waals surface area contributed by atoms with Gasteiger partial charge in [-0.2, -0.15) is 0 Å². The third kappa shape index (κ3) is 19.2. The van der Waals surface area contributed by atoms with Gasteiger partial charge in [0.2, 0.25) is 35.4 Å². The highest BCUT2D eigenvalue weighted by molar-refractivity contribution is 6.43. The lowest BCUT2D eigenvalue weighted by Crippen LogP contribution is -2.62. The predicted octanol–water partition coefficient (Wildman–Crippen LogP) is -0.835. The number of carbonyl (C=O) groups is 9. The van der Waals surface area contributed by atoms with E-state index in [1.54, 1.807) is 58.9 Å². The molecule has 1 aromatic rings. The molecule has 0 aliphatic rings. The van der Waals surface area contributed by atoms with Crippen molar-refractivity contribution in [2.24, 2.45) is 11.3 Å². The summed E-state index contributed by atoms with van der Waals surface area (Å²) in [6.07, 6.45) is -3.25. The van der Waals surface area contributed by atoms with Gasteiger partial charge in [-0.3, -0.25) is 43.2 Å². The van der Waals surface area contributed by atoms with Crippen LogP contribution in [0.5, 0.6) is 0 Å². The van der Waals surface area contributed by atoms with E-state index in [2.05, 4.69) is 31.9 Å². The number of hydrogen-bond donors (Lipinski definition) is 11. The summed E-state index contributed by atoms with van der Waals surface area (Å²) in [4.78, 5) is 115. The molecule has 6 amide bonds. The Balaban J connectivity index is 3.55. The van der Waals surface area contributed by atoms with Crippen LogP contribution >= 0.6 is 0 Å². The Bertz CT molecular complexity index is 1670. The average Bonchev–Trinajstić information content (AvgIpc) is 3.12. The maximum Gasteiger partial charge on any atom is 0.475 e. The van der Waals surface area contributed by atoms with Gasteiger partial charge in [0.15, 0.2) is 0 Å². The third-order valence-corrected chi connectivity index (χ3v) is 9.08. The zero-order chi connectivity index (χ0) is 45.2. The number of aryl methyl sites for hydroxylation is 1. The lowest BCUT2D eigenvalue weighted by atomic mass is 9.77. The molecule has 0 heterocycles. The minimum atomic E-state index is -1.86. The molecular formula is C38H59BN6O14. The van der Waals surface area contributed by atoms with E-state index in [9.17, 15) is 63.4 Å². The summed E-state index contributed by atoms with van der Waals surface area (Å²) in [5.74, 6) is -10.9. The number of carboxylic acid groups (broad SMARTS) is 3. The molecule has 0 bridgehead atoms. The van der Waals surface area contributed by atoms with Gasteiger partial charge in [-0.15, -0.1) is 0 Å². The number of aliphatic carboxylic acids is 3. The van der Waals surface area contributed by atoms with Crippen molar-refractivity contribution in [3.63, 3.8) is 0 Å². The average molecular weight is 835 g/mol. The molecule has 1 unspecified atom stereocenters. The van der Waals surface area contributed by atoms with Crippen LogP contribution < -0.4 is 31.9 Å². The SMILES string of the molecule is CCC(NC(=O)[C@H](CC(C)C)NC(=O)[C@@H](NC(=O)[C@H](Cc1ccccc1C)NC(=O)[C@H](CCC(=O)O)NC(=O)[C@H](CC(=O)O)NC(=O)CCC(=O)O)C(C)(C)C)B(O)O. The van der Waals surface area contributed by atoms with E-state index < -0.39 is 134 Å². The second-order valence-corrected chi connectivity index (χ2v) is 15.7. The minimum Gasteiger partial charge on any atom is -0.481 e. The molecular weight excluding hydrogens is 775 g/mol. The van der Waals surface area contributed by atoms with Crippen LogP contribution in [0.4, 0.5) is 0 Å². The van der Waals surface area contributed by atoms with E-state index in [-0.39, 0.29) is 25.2 Å². The van der Waals surface area contributed by atoms with Gasteiger partial charge in [-0.05, 0) is 48.6 Å². The van der Waals surface area contributed by atoms with Gasteiger partial charge in [0, 0.05) is 19.3 Å². The van der Waals surface area contributed by atoms with Crippen molar-refractivity contribution in [1.29, 1.82) is 0 Å². The van der Waals surface area contributed by atoms with Crippen LogP contribution in [0.25, 0.3) is 0 Å². The molecule has 0 saturated heterocycles. The highest BCUT2D eigenvalue weighted by Gasteiger charge is 2.38. The van der Waals surface area contributed by atoms with Crippen molar-refractivity contribution in [2.45, 2.75) is 136 Å². The van der Waals surface area contributed by atoms with E-state index in [0.717, 1.165) is 5.56 Å². The molecule has 0 fully saturated rings. The van der Waals surface area contributed by atoms with E-state index in [1.807, 2.05) is 13.8 Å². The topological polar surface area (TPSA) is 327 Å². The molecule has 0 aromatic heterocycles. The number of amides is 6. The summed E-state index contributed by atoms with van der Waals surface area (Å²) in [5.41, 5.74) is 0.304. The van der Waals surface area contributed by atoms with Gasteiger partial charge < -0.3 is 57.3 Å². The number of hydrogen-bond acceptors (Lipinski definition) is 11. The summed E-state index contributed by atoms with van der Waals surface area (Å²) in [6.45, 7) is 11.9. The number of carboxylic acids is 3. The first-order valence-electron chi connectivity index (χ1n) is 19.2. The predicted molar refractivity (Wildman–Crippen MR) is 212 cm³/mol. The first-order chi connectivity index (χ1) is 27.4. The molecule has 0 aliphatic carbocycles. The largest absolute Gasteiger partial charge is 0.481 e. The molecule has 0 radical (unpaired) electrons. The van der Waals surface area contributed by atoms with Gasteiger partial charge >= 0.3 is 25.0 Å². The van der Waals surface area contributed by atoms with E-state index in [4.69, 9.17) is 5.11 Å². The zero-order valence-corrected chi connectivity index (χ0v) is 34.5. The van der Waals surface area contributed by atoms with E-state index >= 15 is 0 Å². The lowest BCUT2D eigenvalue weighted by molar-refractivity contribution is -0.142. The van der Waals surface area contributed by atoms with Gasteiger partial charge in [-0.25, -0.2) is 0 Å². The Hall–Kier alpha value is -5.57. The quantitative estimate of drug-likeness (QED) is 0.0536. The summed E-state index contributed by atoms with van der Waals surface area (Å²) in [7, 11) is -1.86. The normalized spacial score (nSPS) is 14.3. The highest BCUT2D eigenvalue weighted by Crippen LogP contribution is 2.21. The van der Waals surface area contributed by atoms with Crippen molar-refractivity contribution >= 4 is 60.5 Å². The second-order valence-electron chi connectivity index (χ2n) is 15.7. The third-order valence-electron chi connectivity index (χ3n) is 9.08. The molecule has 11 N–H and O–H groups in total. The first-order valence-corrected chi connectivity index (χ1v) is 19.2. The van der Waals surface area contributed by atoms with Crippen LogP contribution in [0.3, 0.4) is 0 Å². The molecule has 6 atom stereocenters. The van der Waals surface area contributed by atoms with Crippen molar-refractivity contribution in [3.8, 4) is 0 Å². The van der Waals surface area contributed by atoms with Crippen LogP contribution in [-0.4, -0.2) is 122 Å². The van der Waals surface area contributed by atoms with E-state index in [1.165, 1.54) is 0 Å². The van der Waals surface area contributed by atoms with Crippen LogP contribution in [0, 0.1) is 18.3 Å². The fourth-order valence-electron chi connectivity index (χ4n) is 5.77. The summed E-state index contributed by atoms with van der Waals surface area (Å²) in [6, 6.07) is -0.577. The second kappa shape index (κ2) is 24.4.